The predicted octanol–water partition coefficient (Wildman–Crippen LogP) is 2.97. The Kier molecular flexibility index (Phi) is 4.37. The Balaban J connectivity index is 2.32. The molecule has 2 aromatic rings. The largest absolute Gasteiger partial charge is 0.280 e. The fourth-order valence-electron chi connectivity index (χ4n) is 1.71. The lowest BCUT2D eigenvalue weighted by atomic mass is 10.1. The van der Waals surface area contributed by atoms with E-state index in [1.165, 1.54) is 24.3 Å². The number of benzene rings is 2. The summed E-state index contributed by atoms with van der Waals surface area (Å²) in [5.41, 5.74) is 0.773. The van der Waals surface area contributed by atoms with Crippen molar-refractivity contribution in [1.29, 1.82) is 5.26 Å². The van der Waals surface area contributed by atoms with E-state index in [4.69, 9.17) is 5.26 Å². The Hall–Kier alpha value is -2.53. The molecule has 0 aliphatic heterocycles. The van der Waals surface area contributed by atoms with E-state index in [1.807, 2.05) is 6.07 Å². The molecule has 0 fully saturated rings. The SMILES string of the molecule is N#CCc1ccc(NS(=O)(=O)c2ccc(F)c(F)c2F)cc1. The number of rotatable bonds is 4. The topological polar surface area (TPSA) is 70.0 Å². The Labute approximate surface area is 124 Å². The van der Waals surface area contributed by atoms with Gasteiger partial charge in [-0.1, -0.05) is 12.1 Å². The number of hydrogen-bond donors (Lipinski definition) is 1. The molecule has 0 spiro atoms. The molecular formula is C14H9F3N2O2S. The maximum absolute atomic E-state index is 13.6. The first kappa shape index (κ1) is 15.9. The van der Waals surface area contributed by atoms with E-state index in [-0.39, 0.29) is 12.1 Å². The smallest absolute Gasteiger partial charge is 0.264 e. The average Bonchev–Trinajstić information content (AvgIpc) is 2.46. The van der Waals surface area contributed by atoms with Crippen LogP contribution < -0.4 is 4.72 Å². The fraction of sp³-hybridized carbons (Fsp3) is 0.0714. The molecule has 0 unspecified atom stereocenters. The Morgan fingerprint density at radius 1 is 1.00 bits per heavy atom. The number of anilines is 1. The summed E-state index contributed by atoms with van der Waals surface area (Å²) in [6, 6.07) is 8.89. The van der Waals surface area contributed by atoms with Crippen LogP contribution in [-0.4, -0.2) is 8.42 Å². The Morgan fingerprint density at radius 2 is 1.64 bits per heavy atom. The summed E-state index contributed by atoms with van der Waals surface area (Å²) in [5.74, 6) is -5.11. The molecule has 0 saturated carbocycles. The zero-order valence-corrected chi connectivity index (χ0v) is 11.8. The second-order valence-electron chi connectivity index (χ2n) is 4.31. The minimum Gasteiger partial charge on any atom is -0.280 e. The van der Waals surface area contributed by atoms with E-state index in [1.54, 1.807) is 0 Å². The third-order valence-electron chi connectivity index (χ3n) is 2.78. The molecule has 0 heterocycles. The van der Waals surface area contributed by atoms with Crippen LogP contribution in [0.5, 0.6) is 0 Å². The summed E-state index contributed by atoms with van der Waals surface area (Å²) in [4.78, 5) is -0.993. The predicted molar refractivity (Wildman–Crippen MR) is 72.9 cm³/mol. The van der Waals surface area contributed by atoms with Gasteiger partial charge in [-0.15, -0.1) is 0 Å². The van der Waals surface area contributed by atoms with Crippen molar-refractivity contribution in [3.05, 3.63) is 59.4 Å². The Morgan fingerprint density at radius 3 is 2.23 bits per heavy atom. The second kappa shape index (κ2) is 6.07. The zero-order valence-electron chi connectivity index (χ0n) is 11.0. The zero-order chi connectivity index (χ0) is 16.3. The maximum atomic E-state index is 13.6. The van der Waals surface area contributed by atoms with Gasteiger partial charge in [-0.2, -0.15) is 5.26 Å². The van der Waals surface area contributed by atoms with Crippen molar-refractivity contribution in [3.8, 4) is 6.07 Å². The number of halogens is 3. The summed E-state index contributed by atoms with van der Waals surface area (Å²) < 4.78 is 65.6. The number of nitrogens with one attached hydrogen (secondary N) is 1. The van der Waals surface area contributed by atoms with Crippen molar-refractivity contribution < 1.29 is 21.6 Å². The lowest BCUT2D eigenvalue weighted by Gasteiger charge is -2.09. The number of hydrogen-bond acceptors (Lipinski definition) is 3. The average molecular weight is 326 g/mol. The van der Waals surface area contributed by atoms with Gasteiger partial charge in [-0.05, 0) is 29.8 Å². The van der Waals surface area contributed by atoms with Gasteiger partial charge in [0.15, 0.2) is 17.5 Å². The van der Waals surface area contributed by atoms with Crippen LogP contribution in [-0.2, 0) is 16.4 Å². The van der Waals surface area contributed by atoms with Gasteiger partial charge in [-0.25, -0.2) is 21.6 Å². The first-order chi connectivity index (χ1) is 10.3. The molecular weight excluding hydrogens is 317 g/mol. The third kappa shape index (κ3) is 3.20. The van der Waals surface area contributed by atoms with E-state index in [9.17, 15) is 21.6 Å². The Bertz CT molecular complexity index is 844. The molecule has 2 rings (SSSR count). The summed E-state index contributed by atoms with van der Waals surface area (Å²) in [5, 5.41) is 8.53. The first-order valence-corrected chi connectivity index (χ1v) is 7.45. The third-order valence-corrected chi connectivity index (χ3v) is 4.18. The highest BCUT2D eigenvalue weighted by molar-refractivity contribution is 7.92. The minimum absolute atomic E-state index is 0.103. The van der Waals surface area contributed by atoms with Crippen LogP contribution in [0.3, 0.4) is 0 Å². The first-order valence-electron chi connectivity index (χ1n) is 5.97. The van der Waals surface area contributed by atoms with Crippen molar-refractivity contribution in [3.63, 3.8) is 0 Å². The van der Waals surface area contributed by atoms with Crippen LogP contribution in [0.2, 0.25) is 0 Å². The van der Waals surface area contributed by atoms with Gasteiger partial charge >= 0.3 is 0 Å². The van der Waals surface area contributed by atoms with E-state index >= 15 is 0 Å². The molecule has 0 bridgehead atoms. The highest BCUT2D eigenvalue weighted by atomic mass is 32.2. The molecule has 1 N–H and O–H groups in total. The van der Waals surface area contributed by atoms with Gasteiger partial charge in [0.2, 0.25) is 0 Å². The number of nitriles is 1. The van der Waals surface area contributed by atoms with E-state index < -0.39 is 32.4 Å². The van der Waals surface area contributed by atoms with Crippen LogP contribution in [0.4, 0.5) is 18.9 Å². The quantitative estimate of drug-likeness (QED) is 0.878. The molecule has 114 valence electrons. The van der Waals surface area contributed by atoms with Crippen LogP contribution in [0, 0.1) is 28.8 Å². The summed E-state index contributed by atoms with van der Waals surface area (Å²) >= 11 is 0. The van der Waals surface area contributed by atoms with Crippen molar-refractivity contribution in [2.75, 3.05) is 4.72 Å². The number of nitrogens with zero attached hydrogens (tertiary/aromatic N) is 1. The molecule has 22 heavy (non-hydrogen) atoms. The molecule has 0 amide bonds. The monoisotopic (exact) mass is 326 g/mol. The molecule has 0 atom stereocenters. The molecule has 4 nitrogen and oxygen atoms in total. The molecule has 0 aliphatic carbocycles. The van der Waals surface area contributed by atoms with E-state index in [2.05, 4.69) is 4.72 Å². The molecule has 2 aromatic carbocycles. The van der Waals surface area contributed by atoms with E-state index in [0.717, 1.165) is 0 Å². The van der Waals surface area contributed by atoms with Crippen molar-refractivity contribution in [1.82, 2.24) is 0 Å². The van der Waals surface area contributed by atoms with Gasteiger partial charge in [0.05, 0.1) is 12.5 Å². The van der Waals surface area contributed by atoms with Gasteiger partial charge < -0.3 is 0 Å². The van der Waals surface area contributed by atoms with E-state index in [0.29, 0.717) is 17.7 Å². The van der Waals surface area contributed by atoms with Crippen LogP contribution in [0.1, 0.15) is 5.56 Å². The lowest BCUT2D eigenvalue weighted by molar-refractivity contribution is 0.432. The van der Waals surface area contributed by atoms with Crippen molar-refractivity contribution in [2.45, 2.75) is 11.3 Å². The summed E-state index contributed by atoms with van der Waals surface area (Å²) in [6.45, 7) is 0. The summed E-state index contributed by atoms with van der Waals surface area (Å²) in [6.07, 6.45) is 0.158. The molecule has 8 heteroatoms. The van der Waals surface area contributed by atoms with Crippen LogP contribution >= 0.6 is 0 Å². The van der Waals surface area contributed by atoms with Crippen LogP contribution in [0.25, 0.3) is 0 Å². The second-order valence-corrected chi connectivity index (χ2v) is 5.96. The van der Waals surface area contributed by atoms with Crippen molar-refractivity contribution in [2.24, 2.45) is 0 Å². The molecule has 0 saturated heterocycles. The van der Waals surface area contributed by atoms with Gasteiger partial charge in [0, 0.05) is 5.69 Å². The number of sulfonamides is 1. The fourth-order valence-corrected chi connectivity index (χ4v) is 2.84. The van der Waals surface area contributed by atoms with Gasteiger partial charge in [-0.3, -0.25) is 4.72 Å². The van der Waals surface area contributed by atoms with Crippen LogP contribution in [0.15, 0.2) is 41.3 Å². The maximum Gasteiger partial charge on any atom is 0.264 e. The molecule has 0 aromatic heterocycles. The standard InChI is InChI=1S/C14H9F3N2O2S/c15-11-5-6-12(14(17)13(11)16)22(20,21)19-10-3-1-9(2-4-10)7-8-18/h1-6,19H,7H2. The highest BCUT2D eigenvalue weighted by Gasteiger charge is 2.24. The lowest BCUT2D eigenvalue weighted by Crippen LogP contribution is -2.15. The minimum atomic E-state index is -4.41. The molecule has 0 radical (unpaired) electrons. The van der Waals surface area contributed by atoms with Gasteiger partial charge in [0.25, 0.3) is 10.0 Å². The molecule has 0 aliphatic rings. The van der Waals surface area contributed by atoms with Gasteiger partial charge in [0.1, 0.15) is 4.90 Å². The summed E-state index contributed by atoms with van der Waals surface area (Å²) in [7, 11) is -4.41. The van der Waals surface area contributed by atoms with Crippen molar-refractivity contribution >= 4 is 15.7 Å². The normalized spacial score (nSPS) is 11.0. The highest BCUT2D eigenvalue weighted by Crippen LogP contribution is 2.22.